The molecule has 19 heavy (non-hydrogen) atoms. The summed E-state index contributed by atoms with van der Waals surface area (Å²) in [7, 11) is 1.70. The molecule has 2 aromatic rings. The van der Waals surface area contributed by atoms with Gasteiger partial charge in [0.15, 0.2) is 0 Å². The Morgan fingerprint density at radius 1 is 1.53 bits per heavy atom. The molecule has 0 aliphatic heterocycles. The number of hydrogen-bond acceptors (Lipinski definition) is 5. The Kier molecular flexibility index (Phi) is 4.01. The number of thiazole rings is 1. The zero-order valence-corrected chi connectivity index (χ0v) is 12.1. The Bertz CT molecular complexity index is 614. The standard InChI is InChI=1S/C12H13ClN4OS/c1-7-9(19-6-15-7)5-17(2)12(18)11-8(13)3-4-10(14)16-11/h3-4,6H,5H2,1-2H3,(H2,14,16). The van der Waals surface area contributed by atoms with Gasteiger partial charge in [-0.1, -0.05) is 11.6 Å². The van der Waals surface area contributed by atoms with E-state index >= 15 is 0 Å². The fraction of sp³-hybridized carbons (Fsp3) is 0.250. The highest BCUT2D eigenvalue weighted by Gasteiger charge is 2.18. The van der Waals surface area contributed by atoms with Crippen molar-refractivity contribution in [2.24, 2.45) is 0 Å². The molecule has 0 saturated carbocycles. The summed E-state index contributed by atoms with van der Waals surface area (Å²) in [5, 5.41) is 0.298. The molecule has 2 aromatic heterocycles. The smallest absolute Gasteiger partial charge is 0.274 e. The van der Waals surface area contributed by atoms with Crippen LogP contribution in [0.2, 0.25) is 5.02 Å². The number of aryl methyl sites for hydroxylation is 1. The van der Waals surface area contributed by atoms with Crippen LogP contribution in [0, 0.1) is 6.92 Å². The highest BCUT2D eigenvalue weighted by Crippen LogP contribution is 2.19. The molecule has 1 amide bonds. The van der Waals surface area contributed by atoms with E-state index in [-0.39, 0.29) is 17.4 Å². The SMILES string of the molecule is Cc1ncsc1CN(C)C(=O)c1nc(N)ccc1Cl. The molecular weight excluding hydrogens is 284 g/mol. The van der Waals surface area contributed by atoms with Gasteiger partial charge < -0.3 is 10.6 Å². The van der Waals surface area contributed by atoms with Crippen molar-refractivity contribution in [3.8, 4) is 0 Å². The number of nitrogens with two attached hydrogens (primary N) is 1. The second kappa shape index (κ2) is 5.54. The van der Waals surface area contributed by atoms with Gasteiger partial charge in [0, 0.05) is 11.9 Å². The molecule has 0 spiro atoms. The first-order valence-electron chi connectivity index (χ1n) is 5.55. The molecule has 2 rings (SSSR count). The van der Waals surface area contributed by atoms with Crippen LogP contribution in [0.3, 0.4) is 0 Å². The van der Waals surface area contributed by atoms with Gasteiger partial charge in [-0.3, -0.25) is 4.79 Å². The number of hydrogen-bond donors (Lipinski definition) is 1. The number of amides is 1. The molecule has 7 heteroatoms. The Hall–Kier alpha value is -1.66. The van der Waals surface area contributed by atoms with Crippen LogP contribution in [-0.2, 0) is 6.54 Å². The van der Waals surface area contributed by atoms with Crippen LogP contribution in [-0.4, -0.2) is 27.8 Å². The first kappa shape index (κ1) is 13.8. The molecule has 0 unspecified atom stereocenters. The van der Waals surface area contributed by atoms with Gasteiger partial charge in [0.25, 0.3) is 5.91 Å². The van der Waals surface area contributed by atoms with Crippen LogP contribution < -0.4 is 5.73 Å². The summed E-state index contributed by atoms with van der Waals surface area (Å²) in [5.41, 5.74) is 8.44. The number of halogens is 1. The summed E-state index contributed by atoms with van der Waals surface area (Å²) in [6, 6.07) is 3.13. The third kappa shape index (κ3) is 3.02. The van der Waals surface area contributed by atoms with Crippen molar-refractivity contribution in [3.63, 3.8) is 0 Å². The quantitative estimate of drug-likeness (QED) is 0.943. The van der Waals surface area contributed by atoms with Crippen LogP contribution in [0.5, 0.6) is 0 Å². The van der Waals surface area contributed by atoms with Crippen molar-refractivity contribution < 1.29 is 4.79 Å². The topological polar surface area (TPSA) is 72.1 Å². The third-order valence-electron chi connectivity index (χ3n) is 2.64. The van der Waals surface area contributed by atoms with Crippen LogP contribution in [0.4, 0.5) is 5.82 Å². The minimum atomic E-state index is -0.259. The number of carbonyl (C=O) groups is 1. The van der Waals surface area contributed by atoms with Crippen LogP contribution >= 0.6 is 22.9 Å². The molecule has 2 N–H and O–H groups in total. The van der Waals surface area contributed by atoms with E-state index < -0.39 is 0 Å². The van der Waals surface area contributed by atoms with E-state index in [4.69, 9.17) is 17.3 Å². The lowest BCUT2D eigenvalue weighted by molar-refractivity contribution is 0.0781. The van der Waals surface area contributed by atoms with Gasteiger partial charge >= 0.3 is 0 Å². The van der Waals surface area contributed by atoms with E-state index in [1.165, 1.54) is 11.3 Å². The monoisotopic (exact) mass is 296 g/mol. The highest BCUT2D eigenvalue weighted by atomic mass is 35.5. The van der Waals surface area contributed by atoms with Gasteiger partial charge in [-0.25, -0.2) is 9.97 Å². The predicted molar refractivity (Wildman–Crippen MR) is 76.3 cm³/mol. The number of nitrogens with zero attached hydrogens (tertiary/aromatic N) is 3. The minimum Gasteiger partial charge on any atom is -0.384 e. The second-order valence-corrected chi connectivity index (χ2v) is 5.44. The average molecular weight is 297 g/mol. The number of carbonyl (C=O) groups excluding carboxylic acids is 1. The van der Waals surface area contributed by atoms with Crippen molar-refractivity contribution in [1.82, 2.24) is 14.9 Å². The molecule has 0 aliphatic rings. The van der Waals surface area contributed by atoms with E-state index in [1.807, 2.05) is 6.92 Å². The summed E-state index contributed by atoms with van der Waals surface area (Å²) in [4.78, 5) is 23.0. The van der Waals surface area contributed by atoms with Crippen LogP contribution in [0.25, 0.3) is 0 Å². The number of nitrogen functional groups attached to an aromatic ring is 1. The predicted octanol–water partition coefficient (Wildman–Crippen LogP) is 2.35. The molecule has 0 bridgehead atoms. The Morgan fingerprint density at radius 3 is 2.89 bits per heavy atom. The third-order valence-corrected chi connectivity index (χ3v) is 3.87. The Balaban J connectivity index is 2.19. The van der Waals surface area contributed by atoms with Crippen LogP contribution in [0.1, 0.15) is 21.1 Å². The number of aromatic nitrogens is 2. The first-order chi connectivity index (χ1) is 8.99. The largest absolute Gasteiger partial charge is 0.384 e. The molecule has 0 radical (unpaired) electrons. The van der Waals surface area contributed by atoms with Gasteiger partial charge in [-0.05, 0) is 19.1 Å². The summed E-state index contributed by atoms with van der Waals surface area (Å²) >= 11 is 7.49. The Morgan fingerprint density at radius 2 is 2.26 bits per heavy atom. The van der Waals surface area contributed by atoms with Gasteiger partial charge in [-0.15, -0.1) is 11.3 Å². The molecule has 5 nitrogen and oxygen atoms in total. The van der Waals surface area contributed by atoms with E-state index in [0.717, 1.165) is 10.6 Å². The average Bonchev–Trinajstić information content (AvgIpc) is 2.77. The summed E-state index contributed by atoms with van der Waals surface area (Å²) in [6.07, 6.45) is 0. The molecule has 0 aromatic carbocycles. The fourth-order valence-corrected chi connectivity index (χ4v) is 2.57. The maximum atomic E-state index is 12.3. The molecule has 0 atom stereocenters. The number of pyridine rings is 1. The van der Waals surface area contributed by atoms with Gasteiger partial charge in [-0.2, -0.15) is 0 Å². The number of anilines is 1. The maximum absolute atomic E-state index is 12.3. The first-order valence-corrected chi connectivity index (χ1v) is 6.81. The van der Waals surface area contributed by atoms with E-state index in [9.17, 15) is 4.79 Å². The fourth-order valence-electron chi connectivity index (χ4n) is 1.55. The molecule has 0 saturated heterocycles. The lowest BCUT2D eigenvalue weighted by Gasteiger charge is -2.16. The van der Waals surface area contributed by atoms with Gasteiger partial charge in [0.1, 0.15) is 11.5 Å². The summed E-state index contributed by atoms with van der Waals surface area (Å²) < 4.78 is 0. The van der Waals surface area contributed by atoms with Crippen molar-refractivity contribution in [2.75, 3.05) is 12.8 Å². The summed E-state index contributed by atoms with van der Waals surface area (Å²) in [6.45, 7) is 2.39. The van der Waals surface area contributed by atoms with Crippen molar-refractivity contribution in [3.05, 3.63) is 38.9 Å². The van der Waals surface area contributed by atoms with Crippen molar-refractivity contribution in [2.45, 2.75) is 13.5 Å². The Labute approximate surface area is 120 Å². The van der Waals surface area contributed by atoms with Gasteiger partial charge in [0.05, 0.1) is 22.8 Å². The lowest BCUT2D eigenvalue weighted by atomic mass is 10.3. The molecule has 0 aliphatic carbocycles. The second-order valence-electron chi connectivity index (χ2n) is 4.09. The van der Waals surface area contributed by atoms with Crippen LogP contribution in [0.15, 0.2) is 17.6 Å². The van der Waals surface area contributed by atoms with E-state index in [1.54, 1.807) is 29.6 Å². The molecule has 2 heterocycles. The minimum absolute atomic E-state index is 0.173. The van der Waals surface area contributed by atoms with Crippen molar-refractivity contribution >= 4 is 34.7 Å². The zero-order chi connectivity index (χ0) is 14.0. The van der Waals surface area contributed by atoms with E-state index in [0.29, 0.717) is 11.6 Å². The number of rotatable bonds is 3. The molecule has 0 fully saturated rings. The molecular formula is C12H13ClN4OS. The molecule has 100 valence electrons. The highest BCUT2D eigenvalue weighted by molar-refractivity contribution is 7.09. The summed E-state index contributed by atoms with van der Waals surface area (Å²) in [5.74, 6) is 0.0141. The van der Waals surface area contributed by atoms with Crippen molar-refractivity contribution in [1.29, 1.82) is 0 Å². The normalized spacial score (nSPS) is 10.5. The van der Waals surface area contributed by atoms with Gasteiger partial charge in [0.2, 0.25) is 0 Å². The maximum Gasteiger partial charge on any atom is 0.274 e. The lowest BCUT2D eigenvalue weighted by Crippen LogP contribution is -2.27. The van der Waals surface area contributed by atoms with E-state index in [2.05, 4.69) is 9.97 Å². The zero-order valence-electron chi connectivity index (χ0n) is 10.6.